The highest BCUT2D eigenvalue weighted by Crippen LogP contribution is 2.10. The Bertz CT molecular complexity index is 456. The van der Waals surface area contributed by atoms with Crippen LogP contribution in [0.15, 0.2) is 18.2 Å². The fourth-order valence-corrected chi connectivity index (χ4v) is 1.64. The Morgan fingerprint density at radius 1 is 1.33 bits per heavy atom. The van der Waals surface area contributed by atoms with Gasteiger partial charge in [0.15, 0.2) is 0 Å². The summed E-state index contributed by atoms with van der Waals surface area (Å²) < 4.78 is 4.92. The first-order valence-electron chi connectivity index (χ1n) is 5.59. The third-order valence-corrected chi connectivity index (χ3v) is 2.38. The number of carboxylic acid groups (broad SMARTS) is 1. The predicted molar refractivity (Wildman–Crippen MR) is 66.9 cm³/mol. The number of carbonyl (C=O) groups excluding carboxylic acids is 1. The number of carboxylic acids is 1. The van der Waals surface area contributed by atoms with E-state index in [9.17, 15) is 9.59 Å². The van der Waals surface area contributed by atoms with E-state index in [1.165, 1.54) is 12.1 Å². The average Bonchev–Trinajstić information content (AvgIpc) is 2.28. The normalized spacial score (nSPS) is 11.9. The van der Waals surface area contributed by atoms with Gasteiger partial charge >= 0.3 is 5.97 Å². The summed E-state index contributed by atoms with van der Waals surface area (Å²) in [6.45, 7) is 3.97. The largest absolute Gasteiger partial charge is 0.478 e. The van der Waals surface area contributed by atoms with Gasteiger partial charge < -0.3 is 15.2 Å². The van der Waals surface area contributed by atoms with Crippen LogP contribution >= 0.6 is 0 Å². The molecule has 2 N–H and O–H groups in total. The van der Waals surface area contributed by atoms with Gasteiger partial charge in [0.05, 0.1) is 12.2 Å². The molecule has 0 spiro atoms. The summed E-state index contributed by atoms with van der Waals surface area (Å²) in [6.07, 6.45) is 0. The van der Waals surface area contributed by atoms with Crippen molar-refractivity contribution < 1.29 is 19.4 Å². The van der Waals surface area contributed by atoms with Crippen LogP contribution in [0.5, 0.6) is 0 Å². The summed E-state index contributed by atoms with van der Waals surface area (Å²) in [5.41, 5.74) is 1.19. The lowest BCUT2D eigenvalue weighted by atomic mass is 10.1. The third-order valence-electron chi connectivity index (χ3n) is 2.38. The van der Waals surface area contributed by atoms with E-state index in [4.69, 9.17) is 9.84 Å². The Morgan fingerprint density at radius 3 is 2.50 bits per heavy atom. The lowest BCUT2D eigenvalue weighted by Crippen LogP contribution is -2.35. The molecule has 0 bridgehead atoms. The molecular weight excluding hydrogens is 234 g/mol. The van der Waals surface area contributed by atoms with Crippen LogP contribution in [0.25, 0.3) is 0 Å². The van der Waals surface area contributed by atoms with Crippen LogP contribution in [0, 0.1) is 6.92 Å². The molecule has 0 aromatic heterocycles. The molecule has 1 aromatic rings. The molecule has 5 heteroatoms. The minimum Gasteiger partial charge on any atom is -0.478 e. The van der Waals surface area contributed by atoms with Crippen molar-refractivity contribution in [2.75, 3.05) is 13.7 Å². The van der Waals surface area contributed by atoms with Gasteiger partial charge in [0.25, 0.3) is 5.91 Å². The summed E-state index contributed by atoms with van der Waals surface area (Å²) in [7, 11) is 1.55. The predicted octanol–water partition coefficient (Wildman–Crippen LogP) is 1.46. The van der Waals surface area contributed by atoms with Gasteiger partial charge in [-0.2, -0.15) is 0 Å². The number of methoxy groups -OCH3 is 1. The van der Waals surface area contributed by atoms with Crippen molar-refractivity contribution in [1.29, 1.82) is 0 Å². The molecule has 18 heavy (non-hydrogen) atoms. The van der Waals surface area contributed by atoms with E-state index in [0.29, 0.717) is 12.2 Å². The van der Waals surface area contributed by atoms with Crippen molar-refractivity contribution in [3.8, 4) is 0 Å². The number of benzene rings is 1. The molecular formula is C13H17NO4. The molecule has 0 aliphatic carbocycles. The summed E-state index contributed by atoms with van der Waals surface area (Å²) in [6, 6.07) is 4.42. The molecule has 0 heterocycles. The Kier molecular flexibility index (Phi) is 4.85. The Balaban J connectivity index is 2.88. The maximum Gasteiger partial charge on any atom is 0.335 e. The minimum absolute atomic E-state index is 0.111. The highest BCUT2D eigenvalue weighted by atomic mass is 16.5. The van der Waals surface area contributed by atoms with Gasteiger partial charge in [0.2, 0.25) is 0 Å². The number of ether oxygens (including phenoxy) is 1. The minimum atomic E-state index is -1.04. The molecule has 1 rings (SSSR count). The lowest BCUT2D eigenvalue weighted by Gasteiger charge is -2.13. The number of rotatable bonds is 5. The molecule has 0 saturated heterocycles. The highest BCUT2D eigenvalue weighted by Gasteiger charge is 2.13. The number of carbonyl (C=O) groups is 2. The van der Waals surface area contributed by atoms with Gasteiger partial charge in [-0.25, -0.2) is 4.79 Å². The van der Waals surface area contributed by atoms with E-state index >= 15 is 0 Å². The highest BCUT2D eigenvalue weighted by molar-refractivity contribution is 5.97. The SMILES string of the molecule is COC[C@@H](C)NC(=O)c1cc(C)cc(C(=O)O)c1. The van der Waals surface area contributed by atoms with E-state index in [-0.39, 0.29) is 17.5 Å². The number of nitrogens with one attached hydrogen (secondary N) is 1. The summed E-state index contributed by atoms with van der Waals surface area (Å²) in [4.78, 5) is 22.8. The molecule has 0 fully saturated rings. The molecule has 0 radical (unpaired) electrons. The standard InChI is InChI=1S/C13H17NO4/c1-8-4-10(6-11(5-8)13(16)17)12(15)14-9(2)7-18-3/h4-6,9H,7H2,1-3H3,(H,14,15)(H,16,17)/t9-/m1/s1. The van der Waals surface area contributed by atoms with Crippen LogP contribution in [0.3, 0.4) is 0 Å². The van der Waals surface area contributed by atoms with Crippen molar-refractivity contribution in [2.24, 2.45) is 0 Å². The van der Waals surface area contributed by atoms with Crippen LogP contribution in [0.2, 0.25) is 0 Å². The maximum absolute atomic E-state index is 11.9. The Labute approximate surface area is 106 Å². The van der Waals surface area contributed by atoms with E-state index in [1.54, 1.807) is 20.1 Å². The first-order valence-corrected chi connectivity index (χ1v) is 5.59. The topological polar surface area (TPSA) is 75.6 Å². The van der Waals surface area contributed by atoms with Gasteiger partial charge in [-0.15, -0.1) is 0 Å². The Morgan fingerprint density at radius 2 is 1.94 bits per heavy atom. The Hall–Kier alpha value is -1.88. The fourth-order valence-electron chi connectivity index (χ4n) is 1.64. The second kappa shape index (κ2) is 6.16. The summed E-state index contributed by atoms with van der Waals surface area (Å²) in [5.74, 6) is -1.34. The zero-order chi connectivity index (χ0) is 13.7. The zero-order valence-corrected chi connectivity index (χ0v) is 10.7. The number of aromatic carboxylic acids is 1. The maximum atomic E-state index is 11.9. The van der Waals surface area contributed by atoms with E-state index in [2.05, 4.69) is 5.32 Å². The van der Waals surface area contributed by atoms with Crippen molar-refractivity contribution in [3.63, 3.8) is 0 Å². The smallest absolute Gasteiger partial charge is 0.335 e. The molecule has 1 atom stereocenters. The lowest BCUT2D eigenvalue weighted by molar-refractivity contribution is 0.0696. The van der Waals surface area contributed by atoms with Crippen LogP contribution in [0.1, 0.15) is 33.2 Å². The first kappa shape index (κ1) is 14.2. The van der Waals surface area contributed by atoms with E-state index in [0.717, 1.165) is 5.56 Å². The molecule has 5 nitrogen and oxygen atoms in total. The van der Waals surface area contributed by atoms with Gasteiger partial charge in [-0.05, 0) is 37.6 Å². The fraction of sp³-hybridized carbons (Fsp3) is 0.385. The molecule has 0 saturated carbocycles. The van der Waals surface area contributed by atoms with Crippen molar-refractivity contribution in [3.05, 3.63) is 34.9 Å². The van der Waals surface area contributed by atoms with Crippen molar-refractivity contribution >= 4 is 11.9 Å². The molecule has 0 aliphatic heterocycles. The van der Waals surface area contributed by atoms with Crippen LogP contribution in [-0.2, 0) is 4.74 Å². The van der Waals surface area contributed by atoms with Crippen molar-refractivity contribution in [1.82, 2.24) is 5.32 Å². The number of hydrogen-bond acceptors (Lipinski definition) is 3. The number of amides is 1. The average molecular weight is 251 g/mol. The van der Waals surface area contributed by atoms with Gasteiger partial charge in [-0.1, -0.05) is 0 Å². The van der Waals surface area contributed by atoms with Crippen LogP contribution in [-0.4, -0.2) is 36.7 Å². The van der Waals surface area contributed by atoms with Gasteiger partial charge in [0, 0.05) is 18.7 Å². The quantitative estimate of drug-likeness (QED) is 0.830. The van der Waals surface area contributed by atoms with Gasteiger partial charge in [-0.3, -0.25) is 4.79 Å². The third kappa shape index (κ3) is 3.85. The molecule has 0 aliphatic rings. The molecule has 1 aromatic carbocycles. The summed E-state index contributed by atoms with van der Waals surface area (Å²) in [5, 5.41) is 11.7. The van der Waals surface area contributed by atoms with Crippen LogP contribution < -0.4 is 5.32 Å². The number of hydrogen-bond donors (Lipinski definition) is 2. The van der Waals surface area contributed by atoms with E-state index in [1.807, 2.05) is 6.92 Å². The zero-order valence-electron chi connectivity index (χ0n) is 10.7. The second-order valence-corrected chi connectivity index (χ2v) is 4.22. The molecule has 98 valence electrons. The van der Waals surface area contributed by atoms with Crippen molar-refractivity contribution in [2.45, 2.75) is 19.9 Å². The summed E-state index contributed by atoms with van der Waals surface area (Å²) >= 11 is 0. The van der Waals surface area contributed by atoms with Gasteiger partial charge in [0.1, 0.15) is 0 Å². The first-order chi connectivity index (χ1) is 8.43. The molecule has 1 amide bonds. The monoisotopic (exact) mass is 251 g/mol. The second-order valence-electron chi connectivity index (χ2n) is 4.22. The molecule has 0 unspecified atom stereocenters. The number of aryl methyl sites for hydroxylation is 1. The van der Waals surface area contributed by atoms with Crippen LogP contribution in [0.4, 0.5) is 0 Å². The van der Waals surface area contributed by atoms with E-state index < -0.39 is 5.97 Å².